The van der Waals surface area contributed by atoms with Gasteiger partial charge >= 0.3 is 6.09 Å². The number of nitrogens with zero attached hydrogens (tertiary/aromatic N) is 2. The van der Waals surface area contributed by atoms with Crippen molar-refractivity contribution in [3.63, 3.8) is 0 Å². The molecule has 6 unspecified atom stereocenters. The predicted octanol–water partition coefficient (Wildman–Crippen LogP) is 7.95. The third kappa shape index (κ3) is 8.93. The second kappa shape index (κ2) is 19.9. The molecule has 3 aromatic carbocycles. The molecule has 326 valence electrons. The zero-order chi connectivity index (χ0) is 42.9. The van der Waals surface area contributed by atoms with Crippen LogP contribution in [0.1, 0.15) is 79.3 Å². The maximum atomic E-state index is 14.2. The van der Waals surface area contributed by atoms with Crippen molar-refractivity contribution >= 4 is 18.1 Å². The van der Waals surface area contributed by atoms with Gasteiger partial charge in [0.1, 0.15) is 35.6 Å². The fourth-order valence-corrected chi connectivity index (χ4v) is 9.51. The molecule has 0 saturated heterocycles. The average molecular weight is 841 g/mol. The fraction of sp³-hybridized carbons (Fsp3) is 0.468. The Morgan fingerprint density at radius 3 is 2.46 bits per heavy atom. The van der Waals surface area contributed by atoms with Gasteiger partial charge in [-0.15, -0.1) is 6.58 Å². The molecule has 1 saturated carbocycles. The molecular weight excluding hydrogens is 785 g/mol. The molecule has 2 aliphatic heterocycles. The van der Waals surface area contributed by atoms with Crippen molar-refractivity contribution < 1.29 is 57.8 Å². The SMILES string of the molecule is C=CCOC12Oc3ccc(Oc4ccc(OC)c(C=O)c4)cc3C3C(CCCCO)C(CCCCO)C=C(C(=NOCC)CC1N(Cc1ccc4c(c1)OCO4)C(=O)OC)C32. The van der Waals surface area contributed by atoms with Gasteiger partial charge in [0.25, 0.3) is 0 Å². The number of aldehydes is 1. The number of fused-ring (bicyclic) bond motifs is 3. The van der Waals surface area contributed by atoms with Gasteiger partial charge in [-0.3, -0.25) is 9.69 Å². The van der Waals surface area contributed by atoms with Crippen LogP contribution < -0.4 is 23.7 Å². The lowest BCUT2D eigenvalue weighted by Gasteiger charge is -2.59. The normalized spacial score (nSPS) is 23.8. The summed E-state index contributed by atoms with van der Waals surface area (Å²) < 4.78 is 43.0. The van der Waals surface area contributed by atoms with Gasteiger partial charge < -0.3 is 48.2 Å². The number of ether oxygens (including phenoxy) is 7. The summed E-state index contributed by atoms with van der Waals surface area (Å²) in [6, 6.07) is 15.5. The Labute approximate surface area is 356 Å². The van der Waals surface area contributed by atoms with E-state index in [1.807, 2.05) is 43.3 Å². The second-order valence-corrected chi connectivity index (χ2v) is 15.6. The number of carbonyl (C=O) groups excluding carboxylic acids is 2. The molecule has 6 atom stereocenters. The first-order valence-electron chi connectivity index (χ1n) is 21.1. The van der Waals surface area contributed by atoms with Crippen LogP contribution in [0.5, 0.6) is 34.5 Å². The van der Waals surface area contributed by atoms with E-state index < -0.39 is 23.8 Å². The average Bonchev–Trinajstić information content (AvgIpc) is 3.76. The number of hydrogen-bond donors (Lipinski definition) is 2. The van der Waals surface area contributed by atoms with E-state index in [1.54, 1.807) is 29.2 Å². The molecule has 3 aromatic rings. The topological polar surface area (TPSA) is 164 Å². The summed E-state index contributed by atoms with van der Waals surface area (Å²) in [5, 5.41) is 24.6. The first kappa shape index (κ1) is 43.5. The summed E-state index contributed by atoms with van der Waals surface area (Å²) in [7, 11) is 2.86. The Balaban J connectivity index is 1.43. The third-order valence-corrected chi connectivity index (χ3v) is 12.1. The number of amides is 1. The molecule has 2 aliphatic carbocycles. The van der Waals surface area contributed by atoms with Gasteiger partial charge in [0.05, 0.1) is 38.0 Å². The van der Waals surface area contributed by atoms with Crippen LogP contribution in [0.25, 0.3) is 0 Å². The van der Waals surface area contributed by atoms with E-state index in [0.717, 1.165) is 48.7 Å². The molecule has 1 amide bonds. The van der Waals surface area contributed by atoms with Crippen molar-refractivity contribution in [1.29, 1.82) is 0 Å². The number of aliphatic hydroxyl groups is 2. The van der Waals surface area contributed by atoms with Gasteiger partial charge in [-0.05, 0) is 104 Å². The predicted molar refractivity (Wildman–Crippen MR) is 226 cm³/mol. The number of carbonyl (C=O) groups is 2. The Kier molecular flexibility index (Phi) is 14.2. The summed E-state index contributed by atoms with van der Waals surface area (Å²) in [5.74, 6) is 0.915. The third-order valence-electron chi connectivity index (χ3n) is 12.1. The lowest BCUT2D eigenvalue weighted by atomic mass is 9.55. The fourth-order valence-electron chi connectivity index (χ4n) is 9.51. The number of aliphatic hydroxyl groups excluding tert-OH is 2. The molecular formula is C47H56N2O12. The van der Waals surface area contributed by atoms with Crippen LogP contribution >= 0.6 is 0 Å². The highest BCUT2D eigenvalue weighted by Gasteiger charge is 2.65. The van der Waals surface area contributed by atoms with Crippen LogP contribution in [-0.4, -0.2) is 92.5 Å². The Bertz CT molecular complexity index is 2100. The van der Waals surface area contributed by atoms with E-state index in [0.29, 0.717) is 65.2 Å². The van der Waals surface area contributed by atoms with Crippen LogP contribution in [0.4, 0.5) is 4.79 Å². The molecule has 14 nitrogen and oxygen atoms in total. The molecule has 7 rings (SSSR count). The second-order valence-electron chi connectivity index (χ2n) is 15.6. The van der Waals surface area contributed by atoms with Gasteiger partial charge in [-0.2, -0.15) is 0 Å². The maximum absolute atomic E-state index is 14.2. The van der Waals surface area contributed by atoms with E-state index in [4.69, 9.17) is 43.2 Å². The van der Waals surface area contributed by atoms with Crippen molar-refractivity contribution in [2.75, 3.05) is 47.4 Å². The first-order chi connectivity index (χ1) is 29.8. The number of hydrogen-bond acceptors (Lipinski definition) is 13. The summed E-state index contributed by atoms with van der Waals surface area (Å²) in [4.78, 5) is 33.6. The lowest BCUT2D eigenvalue weighted by Crippen LogP contribution is -2.70. The zero-order valence-corrected chi connectivity index (χ0v) is 35.1. The highest BCUT2D eigenvalue weighted by atomic mass is 16.7. The molecule has 61 heavy (non-hydrogen) atoms. The summed E-state index contributed by atoms with van der Waals surface area (Å²) >= 11 is 0. The van der Waals surface area contributed by atoms with Crippen molar-refractivity contribution in [3.05, 3.63) is 95.6 Å². The van der Waals surface area contributed by atoms with E-state index in [1.165, 1.54) is 14.2 Å². The Morgan fingerprint density at radius 1 is 0.967 bits per heavy atom. The van der Waals surface area contributed by atoms with Crippen LogP contribution in [0.15, 0.2) is 84.1 Å². The summed E-state index contributed by atoms with van der Waals surface area (Å²) in [6.07, 6.45) is 8.71. The standard InChI is InChI=1S/C47H56N2O12/c1-5-21-58-47-43(49(46(53)55-4)27-30-13-16-41-42(22-30)57-29-56-41)26-38(48-59-6-2)36-24-31(11-7-9-19-50)35(12-8-10-20-51)44(45(36)47)37-25-34(15-18-40(37)61-47)60-33-14-17-39(54-3)32(23-33)28-52/h5,13-18,22-25,28,31,35,43-45,50-51H,1,6-12,19-21,26-27,29H2,2-4H3. The van der Waals surface area contributed by atoms with Gasteiger partial charge in [0.15, 0.2) is 17.8 Å². The molecule has 4 aliphatic rings. The minimum atomic E-state index is -1.49. The van der Waals surface area contributed by atoms with Crippen LogP contribution in [0.3, 0.4) is 0 Å². The van der Waals surface area contributed by atoms with Crippen LogP contribution in [0, 0.1) is 17.8 Å². The van der Waals surface area contributed by atoms with Crippen LogP contribution in [-0.2, 0) is 20.9 Å². The molecule has 14 heteroatoms. The van der Waals surface area contributed by atoms with Gasteiger partial charge in [0.2, 0.25) is 12.6 Å². The van der Waals surface area contributed by atoms with Crippen molar-refractivity contribution in [3.8, 4) is 34.5 Å². The largest absolute Gasteiger partial charge is 0.496 e. The number of oxime groups is 1. The summed E-state index contributed by atoms with van der Waals surface area (Å²) in [5.41, 5.74) is 3.58. The number of methoxy groups -OCH3 is 2. The smallest absolute Gasteiger partial charge is 0.410 e. The number of benzene rings is 3. The monoisotopic (exact) mass is 840 g/mol. The van der Waals surface area contributed by atoms with Crippen molar-refractivity contribution in [2.45, 2.75) is 76.2 Å². The van der Waals surface area contributed by atoms with Crippen molar-refractivity contribution in [1.82, 2.24) is 4.90 Å². The zero-order valence-electron chi connectivity index (χ0n) is 35.1. The number of rotatable bonds is 20. The molecule has 0 spiro atoms. The van der Waals surface area contributed by atoms with Crippen molar-refractivity contribution in [2.24, 2.45) is 22.9 Å². The molecule has 0 bridgehead atoms. The van der Waals surface area contributed by atoms with E-state index in [-0.39, 0.29) is 57.3 Å². The highest BCUT2D eigenvalue weighted by Crippen LogP contribution is 2.62. The lowest BCUT2D eigenvalue weighted by molar-refractivity contribution is -0.256. The molecule has 2 N–H and O–H groups in total. The molecule has 1 fully saturated rings. The van der Waals surface area contributed by atoms with Gasteiger partial charge in [0, 0.05) is 37.7 Å². The first-order valence-corrected chi connectivity index (χ1v) is 21.1. The van der Waals surface area contributed by atoms with Gasteiger partial charge in [-0.1, -0.05) is 36.2 Å². The molecule has 0 radical (unpaired) electrons. The van der Waals surface area contributed by atoms with Crippen LogP contribution in [0.2, 0.25) is 0 Å². The molecule has 0 aromatic heterocycles. The van der Waals surface area contributed by atoms with E-state index in [2.05, 4.69) is 12.7 Å². The minimum absolute atomic E-state index is 0.00113. The number of unbranched alkanes of at least 4 members (excludes halogenated alkanes) is 2. The number of allylic oxidation sites excluding steroid dienone is 1. The summed E-state index contributed by atoms with van der Waals surface area (Å²) in [6.45, 7) is 6.68. The minimum Gasteiger partial charge on any atom is -0.496 e. The Morgan fingerprint density at radius 2 is 1.72 bits per heavy atom. The van der Waals surface area contributed by atoms with Gasteiger partial charge in [-0.25, -0.2) is 4.79 Å². The Hall–Kier alpha value is -5.57. The molecule has 2 heterocycles. The van der Waals surface area contributed by atoms with E-state index >= 15 is 0 Å². The van der Waals surface area contributed by atoms with E-state index in [9.17, 15) is 19.8 Å². The quantitative estimate of drug-likeness (QED) is 0.0489. The highest BCUT2D eigenvalue weighted by molar-refractivity contribution is 6.03. The maximum Gasteiger partial charge on any atom is 0.410 e.